The number of anilines is 2. The number of piperidine rings is 1. The summed E-state index contributed by atoms with van der Waals surface area (Å²) >= 11 is 1.76. The number of thiophene rings is 1. The lowest BCUT2D eigenvalue weighted by Crippen LogP contribution is -2.39. The third-order valence-electron chi connectivity index (χ3n) is 7.42. The van der Waals surface area contributed by atoms with E-state index in [0.29, 0.717) is 5.75 Å². The number of hydrogen-bond acceptors (Lipinski definition) is 8. The molecule has 1 amide bonds. The largest absolute Gasteiger partial charge is 0.454 e. The number of hydrogen-bond donors (Lipinski definition) is 1. The molecule has 8 nitrogen and oxygen atoms in total. The van der Waals surface area contributed by atoms with Gasteiger partial charge in [-0.05, 0) is 70.3 Å². The molecule has 0 bridgehead atoms. The van der Waals surface area contributed by atoms with Crippen molar-refractivity contribution in [2.24, 2.45) is 5.92 Å². The van der Waals surface area contributed by atoms with Gasteiger partial charge in [0.1, 0.15) is 16.5 Å². The summed E-state index contributed by atoms with van der Waals surface area (Å²) in [6, 6.07) is 5.53. The standard InChI is InChI=1S/C26H31N5O3S/c1-16-17(2)35-26-23(16)24(28-22(29-26)14-30-9-3-4-10-30)31-11-7-18(8-12-31)25(32)27-19-5-6-20-21(13-19)34-15-33-20/h5-6,13,18H,3-4,7-12,14-15H2,1-2H3,(H,27,32). The van der Waals surface area contributed by atoms with Gasteiger partial charge in [-0.2, -0.15) is 0 Å². The number of nitrogens with one attached hydrogen (secondary N) is 1. The van der Waals surface area contributed by atoms with Crippen molar-refractivity contribution in [3.8, 4) is 11.5 Å². The third kappa shape index (κ3) is 4.43. The number of aromatic nitrogens is 2. The monoisotopic (exact) mass is 493 g/mol. The Hall–Kier alpha value is -2.91. The zero-order valence-corrected chi connectivity index (χ0v) is 21.1. The number of fused-ring (bicyclic) bond motifs is 2. The van der Waals surface area contributed by atoms with E-state index < -0.39 is 0 Å². The maximum atomic E-state index is 13.0. The number of amides is 1. The Morgan fingerprint density at radius 1 is 1.09 bits per heavy atom. The maximum absolute atomic E-state index is 13.0. The molecule has 0 aliphatic carbocycles. The topological polar surface area (TPSA) is 79.8 Å². The number of ether oxygens (including phenoxy) is 2. The molecule has 0 radical (unpaired) electrons. The Morgan fingerprint density at radius 2 is 1.86 bits per heavy atom. The number of nitrogens with zero attached hydrogens (tertiary/aromatic N) is 4. The molecule has 0 spiro atoms. The predicted octanol–water partition coefficient (Wildman–Crippen LogP) is 4.49. The van der Waals surface area contributed by atoms with Crippen LogP contribution in [0.5, 0.6) is 11.5 Å². The number of carbonyl (C=O) groups excluding carboxylic acids is 1. The average molecular weight is 494 g/mol. The highest BCUT2D eigenvalue weighted by Crippen LogP contribution is 2.37. The van der Waals surface area contributed by atoms with E-state index in [1.54, 1.807) is 11.3 Å². The van der Waals surface area contributed by atoms with E-state index in [-0.39, 0.29) is 18.6 Å². The minimum Gasteiger partial charge on any atom is -0.454 e. The van der Waals surface area contributed by atoms with Crippen molar-refractivity contribution in [3.63, 3.8) is 0 Å². The maximum Gasteiger partial charge on any atom is 0.231 e. The van der Waals surface area contributed by atoms with E-state index in [2.05, 4.69) is 29.0 Å². The van der Waals surface area contributed by atoms with E-state index in [1.807, 2.05) is 18.2 Å². The zero-order valence-electron chi connectivity index (χ0n) is 20.3. The molecule has 2 saturated heterocycles. The van der Waals surface area contributed by atoms with Gasteiger partial charge in [0.15, 0.2) is 11.5 Å². The van der Waals surface area contributed by atoms with Gasteiger partial charge in [-0.15, -0.1) is 11.3 Å². The molecule has 3 aliphatic rings. The lowest BCUT2D eigenvalue weighted by Gasteiger charge is -2.33. The number of likely N-dealkylation sites (tertiary alicyclic amines) is 1. The number of aryl methyl sites for hydroxylation is 2. The first-order valence-electron chi connectivity index (χ1n) is 12.5. The fourth-order valence-electron chi connectivity index (χ4n) is 5.28. The summed E-state index contributed by atoms with van der Waals surface area (Å²) in [5.74, 6) is 3.39. The van der Waals surface area contributed by atoms with Gasteiger partial charge < -0.3 is 19.7 Å². The molecule has 5 heterocycles. The molecule has 0 saturated carbocycles. The molecule has 2 fully saturated rings. The van der Waals surface area contributed by atoms with Gasteiger partial charge in [0.05, 0.1) is 11.9 Å². The first-order chi connectivity index (χ1) is 17.0. The summed E-state index contributed by atoms with van der Waals surface area (Å²) in [6.45, 7) is 9.25. The van der Waals surface area contributed by atoms with E-state index in [4.69, 9.17) is 19.4 Å². The van der Waals surface area contributed by atoms with Gasteiger partial charge >= 0.3 is 0 Å². The van der Waals surface area contributed by atoms with Crippen LogP contribution in [-0.4, -0.2) is 53.7 Å². The molecule has 184 valence electrons. The number of rotatable bonds is 5. The summed E-state index contributed by atoms with van der Waals surface area (Å²) < 4.78 is 10.8. The van der Waals surface area contributed by atoms with E-state index in [1.165, 1.54) is 28.7 Å². The molecule has 3 aromatic rings. The first-order valence-corrected chi connectivity index (χ1v) is 13.3. The Kier molecular flexibility index (Phi) is 5.98. The Bertz CT molecular complexity index is 1260. The SMILES string of the molecule is Cc1sc2nc(CN3CCCC3)nc(N3CCC(C(=O)Nc4ccc5c(c4)OCO5)CC3)c2c1C. The summed E-state index contributed by atoms with van der Waals surface area (Å²) in [6.07, 6.45) is 4.11. The normalized spacial score (nSPS) is 18.5. The highest BCUT2D eigenvalue weighted by atomic mass is 32.1. The molecule has 2 aromatic heterocycles. The second kappa shape index (κ2) is 9.28. The van der Waals surface area contributed by atoms with Crippen molar-refractivity contribution < 1.29 is 14.3 Å². The molecule has 0 atom stereocenters. The smallest absolute Gasteiger partial charge is 0.231 e. The number of benzene rings is 1. The molecule has 9 heteroatoms. The summed E-state index contributed by atoms with van der Waals surface area (Å²) in [4.78, 5) is 30.2. The van der Waals surface area contributed by atoms with Crippen molar-refractivity contribution in [2.45, 2.75) is 46.1 Å². The molecular weight excluding hydrogens is 462 g/mol. The van der Waals surface area contributed by atoms with Crippen LogP contribution in [0.4, 0.5) is 11.5 Å². The second-order valence-electron chi connectivity index (χ2n) is 9.73. The number of carbonyl (C=O) groups is 1. The minimum atomic E-state index is -0.0246. The van der Waals surface area contributed by atoms with Crippen molar-refractivity contribution in [2.75, 3.05) is 43.2 Å². The second-order valence-corrected chi connectivity index (χ2v) is 10.9. The molecule has 1 aromatic carbocycles. The summed E-state index contributed by atoms with van der Waals surface area (Å²) in [5.41, 5.74) is 2.02. The Morgan fingerprint density at radius 3 is 2.66 bits per heavy atom. The van der Waals surface area contributed by atoms with Crippen LogP contribution in [0, 0.1) is 19.8 Å². The van der Waals surface area contributed by atoms with Crippen LogP contribution in [0.15, 0.2) is 18.2 Å². The van der Waals surface area contributed by atoms with Crippen LogP contribution in [-0.2, 0) is 11.3 Å². The van der Waals surface area contributed by atoms with E-state index in [9.17, 15) is 4.79 Å². The highest BCUT2D eigenvalue weighted by Gasteiger charge is 2.29. The van der Waals surface area contributed by atoms with Crippen LogP contribution in [0.1, 0.15) is 41.9 Å². The van der Waals surface area contributed by atoms with Crippen molar-refractivity contribution in [1.29, 1.82) is 0 Å². The lowest BCUT2D eigenvalue weighted by molar-refractivity contribution is -0.120. The van der Waals surface area contributed by atoms with Gasteiger partial charge in [0, 0.05) is 35.6 Å². The van der Waals surface area contributed by atoms with Crippen LogP contribution >= 0.6 is 11.3 Å². The molecular formula is C26H31N5O3S. The highest BCUT2D eigenvalue weighted by molar-refractivity contribution is 7.18. The first kappa shape index (κ1) is 22.5. The van der Waals surface area contributed by atoms with Crippen LogP contribution in [0.3, 0.4) is 0 Å². The lowest BCUT2D eigenvalue weighted by atomic mass is 9.95. The molecule has 0 unspecified atom stereocenters. The van der Waals surface area contributed by atoms with Crippen LogP contribution in [0.2, 0.25) is 0 Å². The summed E-state index contributed by atoms with van der Waals surface area (Å²) in [7, 11) is 0. The van der Waals surface area contributed by atoms with Crippen molar-refractivity contribution in [1.82, 2.24) is 14.9 Å². The fourth-order valence-corrected chi connectivity index (χ4v) is 6.33. The van der Waals surface area contributed by atoms with Gasteiger partial charge in [-0.1, -0.05) is 0 Å². The summed E-state index contributed by atoms with van der Waals surface area (Å²) in [5, 5.41) is 4.25. The Labute approximate surface area is 209 Å². The Balaban J connectivity index is 1.17. The van der Waals surface area contributed by atoms with Gasteiger partial charge in [-0.25, -0.2) is 9.97 Å². The fraction of sp³-hybridized carbons (Fsp3) is 0.500. The molecule has 1 N–H and O–H groups in total. The van der Waals surface area contributed by atoms with Gasteiger partial charge in [-0.3, -0.25) is 9.69 Å². The van der Waals surface area contributed by atoms with E-state index in [0.717, 1.165) is 73.5 Å². The zero-order chi connectivity index (χ0) is 23.9. The van der Waals surface area contributed by atoms with Crippen molar-refractivity contribution in [3.05, 3.63) is 34.5 Å². The third-order valence-corrected chi connectivity index (χ3v) is 8.53. The molecule has 35 heavy (non-hydrogen) atoms. The minimum absolute atomic E-state index is 0.0246. The van der Waals surface area contributed by atoms with Crippen LogP contribution in [0.25, 0.3) is 10.2 Å². The van der Waals surface area contributed by atoms with Gasteiger partial charge in [0.25, 0.3) is 0 Å². The van der Waals surface area contributed by atoms with E-state index >= 15 is 0 Å². The average Bonchev–Trinajstić information content (AvgIpc) is 3.60. The quantitative estimate of drug-likeness (QED) is 0.561. The predicted molar refractivity (Wildman–Crippen MR) is 138 cm³/mol. The van der Waals surface area contributed by atoms with Crippen molar-refractivity contribution >= 4 is 39.0 Å². The molecule has 6 rings (SSSR count). The molecule has 3 aliphatic heterocycles. The van der Waals surface area contributed by atoms with Crippen LogP contribution < -0.4 is 19.7 Å². The van der Waals surface area contributed by atoms with Gasteiger partial charge in [0.2, 0.25) is 12.7 Å².